The molecule has 204 valence electrons. The van der Waals surface area contributed by atoms with Crippen molar-refractivity contribution in [1.29, 1.82) is 0 Å². The van der Waals surface area contributed by atoms with E-state index in [-0.39, 0.29) is 51.2 Å². The van der Waals surface area contributed by atoms with Gasteiger partial charge < -0.3 is 19.7 Å². The highest BCUT2D eigenvalue weighted by molar-refractivity contribution is 7.99. The molecule has 0 amide bonds. The Morgan fingerprint density at radius 1 is 1.21 bits per heavy atom. The van der Waals surface area contributed by atoms with Gasteiger partial charge in [-0.2, -0.15) is 18.2 Å². The molecule has 13 heteroatoms. The number of halogens is 5. The van der Waals surface area contributed by atoms with E-state index in [0.29, 0.717) is 38.3 Å². The van der Waals surface area contributed by atoms with Gasteiger partial charge in [0, 0.05) is 54.9 Å². The minimum absolute atomic E-state index is 0.103. The van der Waals surface area contributed by atoms with Gasteiger partial charge in [-0.15, -0.1) is 11.8 Å². The summed E-state index contributed by atoms with van der Waals surface area (Å²) in [5, 5.41) is 3.14. The summed E-state index contributed by atoms with van der Waals surface area (Å²) in [7, 11) is 1.53. The summed E-state index contributed by atoms with van der Waals surface area (Å²) in [4.78, 5) is 19.8. The highest BCUT2D eigenvalue weighted by Crippen LogP contribution is 2.48. The monoisotopic (exact) mass is 572 g/mol. The Morgan fingerprint density at radius 2 is 1.97 bits per heavy atom. The Kier molecular flexibility index (Phi) is 7.88. The second-order valence-electron chi connectivity index (χ2n) is 9.01. The van der Waals surface area contributed by atoms with Crippen LogP contribution in [-0.2, 0) is 22.2 Å². The van der Waals surface area contributed by atoms with E-state index in [0.717, 1.165) is 12.1 Å². The number of methoxy groups -OCH3 is 1. The van der Waals surface area contributed by atoms with Crippen LogP contribution in [0.2, 0.25) is 5.02 Å². The van der Waals surface area contributed by atoms with Crippen molar-refractivity contribution in [3.05, 3.63) is 51.2 Å². The molecule has 0 saturated carbocycles. The maximum Gasteiger partial charge on any atom is 0.417 e. The van der Waals surface area contributed by atoms with Crippen LogP contribution in [0.15, 0.2) is 34.0 Å². The van der Waals surface area contributed by atoms with Gasteiger partial charge >= 0.3 is 11.9 Å². The average Bonchev–Trinajstić information content (AvgIpc) is 3.08. The molecule has 0 bridgehead atoms. The van der Waals surface area contributed by atoms with Gasteiger partial charge in [-0.05, 0) is 23.8 Å². The van der Waals surface area contributed by atoms with E-state index in [1.165, 1.54) is 35.6 Å². The lowest BCUT2D eigenvalue weighted by atomic mass is 9.96. The number of hydrogen-bond donors (Lipinski definition) is 1. The number of piperazine rings is 1. The van der Waals surface area contributed by atoms with Crippen LogP contribution in [0.3, 0.4) is 0 Å². The van der Waals surface area contributed by atoms with Crippen LogP contribution in [-0.4, -0.2) is 67.9 Å². The van der Waals surface area contributed by atoms with Crippen molar-refractivity contribution in [3.63, 3.8) is 0 Å². The van der Waals surface area contributed by atoms with Gasteiger partial charge in [0.1, 0.15) is 11.6 Å². The number of hydrogen-bond acceptors (Lipinski definition) is 7. The van der Waals surface area contributed by atoms with E-state index < -0.39 is 29.4 Å². The van der Waals surface area contributed by atoms with E-state index in [4.69, 9.17) is 21.1 Å². The number of nitrogens with one attached hydrogen (secondary N) is 1. The first-order chi connectivity index (χ1) is 18.2. The molecule has 2 aromatic carbocycles. The summed E-state index contributed by atoms with van der Waals surface area (Å²) in [6, 6.07) is 4.55. The summed E-state index contributed by atoms with van der Waals surface area (Å²) >= 11 is 7.17. The number of thioether (sulfide) groups is 1. The first-order valence-electron chi connectivity index (χ1n) is 12.0. The first-order valence-corrected chi connectivity index (χ1v) is 13.4. The molecule has 1 aromatic heterocycles. The van der Waals surface area contributed by atoms with Crippen molar-refractivity contribution in [3.8, 4) is 11.1 Å². The average molecular weight is 573 g/mol. The van der Waals surface area contributed by atoms with Crippen LogP contribution >= 0.6 is 23.4 Å². The maximum atomic E-state index is 14.6. The molecule has 5 rings (SSSR count). The van der Waals surface area contributed by atoms with Crippen LogP contribution < -0.4 is 15.9 Å². The van der Waals surface area contributed by atoms with Crippen molar-refractivity contribution in [2.24, 2.45) is 0 Å². The van der Waals surface area contributed by atoms with E-state index in [2.05, 4.69) is 10.3 Å². The smallest absolute Gasteiger partial charge is 0.382 e. The second-order valence-corrected chi connectivity index (χ2v) is 10.5. The van der Waals surface area contributed by atoms with Gasteiger partial charge in [0.2, 0.25) is 0 Å². The molecule has 0 spiro atoms. The largest absolute Gasteiger partial charge is 0.417 e. The quantitative estimate of drug-likeness (QED) is 0.346. The number of alkyl halides is 3. The molecule has 1 saturated heterocycles. The number of rotatable bonds is 6. The van der Waals surface area contributed by atoms with Gasteiger partial charge in [0.15, 0.2) is 0 Å². The van der Waals surface area contributed by atoms with Gasteiger partial charge in [0.05, 0.1) is 42.0 Å². The van der Waals surface area contributed by atoms with Gasteiger partial charge in [-0.25, -0.2) is 9.18 Å². The van der Waals surface area contributed by atoms with Crippen LogP contribution in [0.5, 0.6) is 0 Å². The molecule has 1 N–H and O–H groups in total. The highest BCUT2D eigenvalue weighted by atomic mass is 35.5. The third kappa shape index (κ3) is 5.24. The molecule has 7 nitrogen and oxygen atoms in total. The number of nitrogens with zero attached hydrogens (tertiary/aromatic N) is 3. The minimum atomic E-state index is -4.75. The number of benzene rings is 2. The fourth-order valence-corrected chi connectivity index (χ4v) is 6.28. The highest BCUT2D eigenvalue weighted by Gasteiger charge is 2.38. The Bertz CT molecular complexity index is 1410. The third-order valence-electron chi connectivity index (χ3n) is 6.57. The second kappa shape index (κ2) is 11.0. The molecule has 2 aliphatic heterocycles. The Labute approximate surface area is 225 Å². The molecule has 0 aliphatic carbocycles. The summed E-state index contributed by atoms with van der Waals surface area (Å²) in [5.74, 6) is -0.235. The van der Waals surface area contributed by atoms with Crippen molar-refractivity contribution < 1.29 is 27.0 Å². The Balaban J connectivity index is 1.82. The van der Waals surface area contributed by atoms with E-state index in [9.17, 15) is 22.4 Å². The van der Waals surface area contributed by atoms with Gasteiger partial charge in [-0.1, -0.05) is 17.7 Å². The maximum absolute atomic E-state index is 14.6. The normalized spacial score (nSPS) is 18.2. The Morgan fingerprint density at radius 3 is 2.66 bits per heavy atom. The van der Waals surface area contributed by atoms with Crippen molar-refractivity contribution in [1.82, 2.24) is 14.9 Å². The molecule has 0 radical (unpaired) electrons. The molecule has 2 aliphatic rings. The standard InChI is InChI=1S/C25H25ClF4N4O3S/c1-36-8-9-37-15-12-34-21-16(23(32-24(34)35)33-6-4-31-5-7-33)11-17(25(28,29)30)20(22(21)38-13-15)14-2-3-19(27)18(26)10-14/h2-3,10-11,15,31H,4-9,12-13H2,1H3/t15-/m0/s1. The fraction of sp³-hybridized carbons (Fsp3) is 0.440. The first kappa shape index (κ1) is 27.2. The topological polar surface area (TPSA) is 68.6 Å². The third-order valence-corrected chi connectivity index (χ3v) is 8.08. The molecular weight excluding hydrogens is 548 g/mol. The molecule has 3 heterocycles. The molecule has 3 aromatic rings. The van der Waals surface area contributed by atoms with Crippen molar-refractivity contribution >= 4 is 40.1 Å². The van der Waals surface area contributed by atoms with Crippen molar-refractivity contribution in [2.45, 2.75) is 23.7 Å². The molecule has 0 unspecified atom stereocenters. The Hall–Kier alpha value is -2.38. The van der Waals surface area contributed by atoms with E-state index in [1.54, 1.807) is 0 Å². The minimum Gasteiger partial charge on any atom is -0.382 e. The van der Waals surface area contributed by atoms with Crippen LogP contribution in [0, 0.1) is 5.82 Å². The van der Waals surface area contributed by atoms with Crippen LogP contribution in [0.4, 0.5) is 23.4 Å². The molecular formula is C25H25ClF4N4O3S. The zero-order chi connectivity index (χ0) is 27.0. The van der Waals surface area contributed by atoms with Gasteiger partial charge in [-0.3, -0.25) is 4.57 Å². The van der Waals surface area contributed by atoms with Gasteiger partial charge in [0.25, 0.3) is 0 Å². The SMILES string of the molecule is COCCO[C@@H]1CSc2c(-c3ccc(F)c(Cl)c3)c(C(F)(F)F)cc3c(N4CCNCC4)nc(=O)n(c23)C1. The zero-order valence-corrected chi connectivity index (χ0v) is 22.0. The number of anilines is 1. The summed E-state index contributed by atoms with van der Waals surface area (Å²) in [6.07, 6.45) is -5.22. The van der Waals surface area contributed by atoms with Crippen molar-refractivity contribution in [2.75, 3.05) is 57.2 Å². The van der Waals surface area contributed by atoms with Crippen LogP contribution in [0.1, 0.15) is 5.56 Å². The molecule has 1 atom stereocenters. The summed E-state index contributed by atoms with van der Waals surface area (Å²) < 4.78 is 70.3. The lowest BCUT2D eigenvalue weighted by Crippen LogP contribution is -2.45. The van der Waals surface area contributed by atoms with E-state index >= 15 is 0 Å². The fourth-order valence-electron chi connectivity index (χ4n) is 4.81. The molecule has 1 fully saturated rings. The van der Waals surface area contributed by atoms with Crippen LogP contribution in [0.25, 0.3) is 22.0 Å². The summed E-state index contributed by atoms with van der Waals surface area (Å²) in [6.45, 7) is 2.92. The predicted molar refractivity (Wildman–Crippen MR) is 139 cm³/mol. The lowest BCUT2D eigenvalue weighted by molar-refractivity contribution is -0.137. The predicted octanol–water partition coefficient (Wildman–Crippen LogP) is 4.42. The lowest BCUT2D eigenvalue weighted by Gasteiger charge is -2.30. The number of aromatic nitrogens is 2. The zero-order valence-electron chi connectivity index (χ0n) is 20.4. The molecule has 38 heavy (non-hydrogen) atoms. The van der Waals surface area contributed by atoms with E-state index in [1.807, 2.05) is 4.90 Å². The summed E-state index contributed by atoms with van der Waals surface area (Å²) in [5.41, 5.74) is -1.17. The number of ether oxygens (including phenoxy) is 2.